The Balaban J connectivity index is 1.69. The van der Waals surface area contributed by atoms with E-state index in [1.165, 1.54) is 49.6 Å². The van der Waals surface area contributed by atoms with Gasteiger partial charge in [0.1, 0.15) is 40.5 Å². The molecule has 0 amide bonds. The second-order valence-electron chi connectivity index (χ2n) is 7.03. The van der Waals surface area contributed by atoms with Gasteiger partial charge < -0.3 is 19.9 Å². The summed E-state index contributed by atoms with van der Waals surface area (Å²) in [5, 5.41) is 9.81. The highest BCUT2D eigenvalue weighted by Crippen LogP contribution is 2.44. The van der Waals surface area contributed by atoms with Crippen molar-refractivity contribution in [3.8, 4) is 23.3 Å². The summed E-state index contributed by atoms with van der Waals surface area (Å²) in [4.78, 5) is 12.5. The van der Waals surface area contributed by atoms with Gasteiger partial charge in [0.05, 0.1) is 23.6 Å². The summed E-state index contributed by atoms with van der Waals surface area (Å²) in [6.07, 6.45) is 0. The number of hydrogen-bond acceptors (Lipinski definition) is 6. The zero-order valence-corrected chi connectivity index (χ0v) is 17.8. The molecule has 1 atom stereocenters. The van der Waals surface area contributed by atoms with Gasteiger partial charge in [0.2, 0.25) is 5.88 Å². The van der Waals surface area contributed by atoms with Crippen LogP contribution >= 0.6 is 11.6 Å². The Morgan fingerprint density at radius 2 is 1.88 bits per heavy atom. The van der Waals surface area contributed by atoms with Crippen molar-refractivity contribution in [3.05, 3.63) is 99.4 Å². The van der Waals surface area contributed by atoms with Gasteiger partial charge in [0, 0.05) is 23.3 Å². The van der Waals surface area contributed by atoms with E-state index in [1.54, 1.807) is 0 Å². The molecule has 166 valence electrons. The number of nitrogens with two attached hydrogens (primary N) is 1. The van der Waals surface area contributed by atoms with Crippen LogP contribution in [-0.4, -0.2) is 13.1 Å². The summed E-state index contributed by atoms with van der Waals surface area (Å²) >= 11 is 6.06. The van der Waals surface area contributed by atoms with Crippen LogP contribution in [0.3, 0.4) is 0 Å². The van der Waals surface area contributed by atoms with Crippen LogP contribution in [0.15, 0.2) is 66.1 Å². The molecule has 33 heavy (non-hydrogen) atoms. The van der Waals surface area contributed by atoms with E-state index in [2.05, 4.69) is 0 Å². The number of hydrogen-bond donors (Lipinski definition) is 1. The predicted molar refractivity (Wildman–Crippen MR) is 115 cm³/mol. The zero-order valence-electron chi connectivity index (χ0n) is 17.1. The normalized spacial score (nSPS) is 14.7. The Hall–Kier alpha value is -4.09. The first-order chi connectivity index (χ1) is 15.8. The highest BCUT2D eigenvalue weighted by atomic mass is 35.5. The lowest BCUT2D eigenvalue weighted by Gasteiger charge is -2.27. The van der Waals surface area contributed by atoms with Crippen LogP contribution in [0.2, 0.25) is 5.02 Å². The number of carbonyl (C=O) groups excluding carboxylic acids is 1. The van der Waals surface area contributed by atoms with Crippen molar-refractivity contribution in [2.24, 2.45) is 5.73 Å². The highest BCUT2D eigenvalue weighted by Gasteiger charge is 2.33. The fourth-order valence-electron chi connectivity index (χ4n) is 3.51. The number of carbonyl (C=O) groups is 1. The predicted octanol–water partition coefficient (Wildman–Crippen LogP) is 5.06. The van der Waals surface area contributed by atoms with Crippen LogP contribution in [0.4, 0.5) is 8.78 Å². The van der Waals surface area contributed by atoms with Gasteiger partial charge in [-0.2, -0.15) is 5.26 Å². The Labute approximate surface area is 192 Å². The molecule has 9 heteroatoms. The van der Waals surface area contributed by atoms with E-state index in [0.29, 0.717) is 11.3 Å². The fourth-order valence-corrected chi connectivity index (χ4v) is 3.77. The molecule has 1 heterocycles. The van der Waals surface area contributed by atoms with Gasteiger partial charge >= 0.3 is 5.97 Å². The first kappa shape index (κ1) is 22.1. The lowest BCUT2D eigenvalue weighted by atomic mass is 9.83. The third kappa shape index (κ3) is 4.19. The third-order valence-electron chi connectivity index (χ3n) is 5.06. The van der Waals surface area contributed by atoms with E-state index >= 15 is 0 Å². The van der Waals surface area contributed by atoms with Crippen LogP contribution in [0.25, 0.3) is 0 Å². The van der Waals surface area contributed by atoms with Crippen LogP contribution in [0.1, 0.15) is 27.4 Å². The Morgan fingerprint density at radius 3 is 2.55 bits per heavy atom. The van der Waals surface area contributed by atoms with E-state index in [4.69, 9.17) is 31.5 Å². The number of nitrogens with zero attached hydrogens (tertiary/aromatic N) is 1. The van der Waals surface area contributed by atoms with Crippen molar-refractivity contribution in [2.75, 3.05) is 7.11 Å². The molecular formula is C24H15ClF2N2O4. The summed E-state index contributed by atoms with van der Waals surface area (Å²) in [5.41, 5.74) is 6.53. The van der Waals surface area contributed by atoms with E-state index in [9.17, 15) is 18.8 Å². The Morgan fingerprint density at radius 1 is 1.12 bits per heavy atom. The Bertz CT molecular complexity index is 1350. The van der Waals surface area contributed by atoms with Gasteiger partial charge in [-0.25, -0.2) is 13.6 Å². The number of halogens is 3. The van der Waals surface area contributed by atoms with Gasteiger partial charge in [0.25, 0.3) is 0 Å². The Kier molecular flexibility index (Phi) is 5.90. The summed E-state index contributed by atoms with van der Waals surface area (Å²) in [5.74, 6) is -2.73. The molecule has 1 unspecified atom stereocenters. The fraction of sp³-hybridized carbons (Fsp3) is 0.0833. The average Bonchev–Trinajstić information content (AvgIpc) is 2.78. The number of fused-ring (bicyclic) bond motifs is 1. The molecule has 3 aromatic carbocycles. The minimum atomic E-state index is -0.926. The standard InChI is InChI=1S/C24H15ClF2N2O4/c1-31-20-7-2-12(8-18(20)25)24(30)32-14-4-6-16-21(10-14)33-23(29)17(11-28)22(16)15-5-3-13(26)9-19(15)27/h2-10,22H,29H2,1H3. The molecule has 0 aromatic heterocycles. The van der Waals surface area contributed by atoms with E-state index in [1.807, 2.05) is 6.07 Å². The van der Waals surface area contributed by atoms with Crippen LogP contribution in [-0.2, 0) is 0 Å². The maximum atomic E-state index is 14.5. The largest absolute Gasteiger partial charge is 0.495 e. The number of rotatable bonds is 4. The van der Waals surface area contributed by atoms with E-state index < -0.39 is 23.5 Å². The summed E-state index contributed by atoms with van der Waals surface area (Å²) in [6, 6.07) is 13.8. The molecule has 4 rings (SSSR count). The molecule has 2 N–H and O–H groups in total. The lowest BCUT2D eigenvalue weighted by Crippen LogP contribution is -2.22. The monoisotopic (exact) mass is 468 g/mol. The van der Waals surface area contributed by atoms with Crippen molar-refractivity contribution in [3.63, 3.8) is 0 Å². The van der Waals surface area contributed by atoms with Crippen molar-refractivity contribution in [1.29, 1.82) is 5.26 Å². The van der Waals surface area contributed by atoms with Crippen molar-refractivity contribution in [1.82, 2.24) is 0 Å². The van der Waals surface area contributed by atoms with E-state index in [-0.39, 0.29) is 39.1 Å². The molecule has 0 bridgehead atoms. The summed E-state index contributed by atoms with van der Waals surface area (Å²) in [7, 11) is 1.45. The molecular weight excluding hydrogens is 454 g/mol. The number of ether oxygens (including phenoxy) is 3. The van der Waals surface area contributed by atoms with Gasteiger partial charge in [-0.1, -0.05) is 23.7 Å². The van der Waals surface area contributed by atoms with E-state index in [0.717, 1.165) is 12.1 Å². The first-order valence-corrected chi connectivity index (χ1v) is 9.92. The molecule has 0 saturated carbocycles. The molecule has 3 aromatic rings. The van der Waals surface area contributed by atoms with Gasteiger partial charge in [-0.3, -0.25) is 0 Å². The van der Waals surface area contributed by atoms with Crippen LogP contribution in [0.5, 0.6) is 17.2 Å². The van der Waals surface area contributed by atoms with Gasteiger partial charge in [0.15, 0.2) is 0 Å². The maximum absolute atomic E-state index is 14.5. The smallest absolute Gasteiger partial charge is 0.343 e. The molecule has 6 nitrogen and oxygen atoms in total. The molecule has 0 radical (unpaired) electrons. The number of esters is 1. The quantitative estimate of drug-likeness (QED) is 0.424. The SMILES string of the molecule is COc1ccc(C(=O)Oc2ccc3c(c2)OC(N)=C(C#N)C3c2ccc(F)cc2F)cc1Cl. The van der Waals surface area contributed by atoms with Crippen molar-refractivity contribution in [2.45, 2.75) is 5.92 Å². The average molecular weight is 469 g/mol. The number of nitriles is 1. The minimum absolute atomic E-state index is 0.0226. The van der Waals surface area contributed by atoms with Crippen molar-refractivity contribution < 1.29 is 27.8 Å². The molecule has 1 aliphatic rings. The van der Waals surface area contributed by atoms with Crippen molar-refractivity contribution >= 4 is 17.6 Å². The maximum Gasteiger partial charge on any atom is 0.343 e. The molecule has 1 aliphatic heterocycles. The van der Waals surface area contributed by atoms with Crippen LogP contribution < -0.4 is 19.9 Å². The van der Waals surface area contributed by atoms with Gasteiger partial charge in [-0.15, -0.1) is 0 Å². The molecule has 0 fully saturated rings. The van der Waals surface area contributed by atoms with Gasteiger partial charge in [-0.05, 0) is 30.3 Å². The second-order valence-corrected chi connectivity index (χ2v) is 7.44. The lowest BCUT2D eigenvalue weighted by molar-refractivity contribution is 0.0734. The minimum Gasteiger partial charge on any atom is -0.495 e. The topological polar surface area (TPSA) is 94.6 Å². The summed E-state index contributed by atoms with van der Waals surface area (Å²) < 4.78 is 44.0. The third-order valence-corrected chi connectivity index (χ3v) is 5.36. The molecule has 0 saturated heterocycles. The number of benzene rings is 3. The highest BCUT2D eigenvalue weighted by molar-refractivity contribution is 6.32. The number of allylic oxidation sites excluding steroid dienone is 1. The zero-order chi connectivity index (χ0) is 23.7. The molecule has 0 spiro atoms. The summed E-state index contributed by atoms with van der Waals surface area (Å²) in [6.45, 7) is 0. The van der Waals surface area contributed by atoms with Crippen LogP contribution in [0, 0.1) is 23.0 Å². The first-order valence-electron chi connectivity index (χ1n) is 9.54. The molecule has 0 aliphatic carbocycles. The second kappa shape index (κ2) is 8.81. The number of methoxy groups -OCH3 is 1.